The number of nitrogens with zero attached hydrogens (tertiary/aromatic N) is 3. The Labute approximate surface area is 102 Å². The molecule has 0 aliphatic heterocycles. The summed E-state index contributed by atoms with van der Waals surface area (Å²) in [4.78, 5) is 17.7. The monoisotopic (exact) mass is 231 g/mol. The van der Waals surface area contributed by atoms with Gasteiger partial charge in [-0.15, -0.1) is 0 Å². The summed E-state index contributed by atoms with van der Waals surface area (Å²) in [5.41, 5.74) is 0.756. The number of nitriles is 1. The van der Waals surface area contributed by atoms with Crippen molar-refractivity contribution in [2.45, 2.75) is 20.8 Å². The molecule has 90 valence electrons. The van der Waals surface area contributed by atoms with Gasteiger partial charge in [0, 0.05) is 26.0 Å². The van der Waals surface area contributed by atoms with E-state index in [0.29, 0.717) is 17.7 Å². The lowest BCUT2D eigenvalue weighted by atomic mass is 9.96. The molecule has 0 atom stereocenters. The molecule has 1 aromatic heterocycles. The van der Waals surface area contributed by atoms with E-state index in [0.717, 1.165) is 0 Å². The van der Waals surface area contributed by atoms with Crippen LogP contribution in [-0.2, 0) is 0 Å². The Balaban J connectivity index is 2.94. The van der Waals surface area contributed by atoms with Crippen molar-refractivity contribution < 1.29 is 4.79 Å². The highest BCUT2D eigenvalue weighted by molar-refractivity contribution is 5.96. The van der Waals surface area contributed by atoms with Crippen molar-refractivity contribution in [2.75, 3.05) is 13.6 Å². The fraction of sp³-hybridized carbons (Fsp3) is 0.462. The van der Waals surface area contributed by atoms with Gasteiger partial charge in [0.25, 0.3) is 5.91 Å². The lowest BCUT2D eigenvalue weighted by Gasteiger charge is -2.26. The predicted molar refractivity (Wildman–Crippen MR) is 65.4 cm³/mol. The van der Waals surface area contributed by atoms with E-state index >= 15 is 0 Å². The first-order valence-corrected chi connectivity index (χ1v) is 5.45. The first kappa shape index (κ1) is 13.2. The quantitative estimate of drug-likeness (QED) is 0.783. The Hall–Kier alpha value is -1.89. The zero-order valence-corrected chi connectivity index (χ0v) is 10.7. The highest BCUT2D eigenvalue weighted by Crippen LogP contribution is 2.16. The summed E-state index contributed by atoms with van der Waals surface area (Å²) in [6.07, 6.45) is 2.96. The second-order valence-electron chi connectivity index (χ2n) is 5.25. The average Bonchev–Trinajstić information content (AvgIpc) is 2.25. The van der Waals surface area contributed by atoms with E-state index in [1.807, 2.05) is 6.07 Å². The summed E-state index contributed by atoms with van der Waals surface area (Å²) in [5.74, 6) is -0.162. The largest absolute Gasteiger partial charge is 0.341 e. The molecule has 0 N–H and O–H groups in total. The second-order valence-corrected chi connectivity index (χ2v) is 5.25. The van der Waals surface area contributed by atoms with E-state index in [9.17, 15) is 4.79 Å². The lowest BCUT2D eigenvalue weighted by Crippen LogP contribution is -2.34. The molecule has 1 aromatic rings. The van der Waals surface area contributed by atoms with Gasteiger partial charge in [-0.25, -0.2) is 0 Å². The molecule has 17 heavy (non-hydrogen) atoms. The van der Waals surface area contributed by atoms with Crippen molar-refractivity contribution in [2.24, 2.45) is 5.41 Å². The normalized spacial score (nSPS) is 10.8. The average molecular weight is 231 g/mol. The van der Waals surface area contributed by atoms with E-state index in [4.69, 9.17) is 5.26 Å². The van der Waals surface area contributed by atoms with E-state index in [2.05, 4.69) is 25.8 Å². The van der Waals surface area contributed by atoms with Crippen LogP contribution in [0.1, 0.15) is 36.7 Å². The van der Waals surface area contributed by atoms with Crippen LogP contribution in [0.3, 0.4) is 0 Å². The molecule has 0 saturated heterocycles. The molecule has 0 aliphatic rings. The van der Waals surface area contributed by atoms with Crippen molar-refractivity contribution in [3.8, 4) is 6.07 Å². The van der Waals surface area contributed by atoms with Crippen molar-refractivity contribution in [1.29, 1.82) is 5.26 Å². The van der Waals surface area contributed by atoms with Gasteiger partial charge in [0.05, 0.1) is 11.1 Å². The lowest BCUT2D eigenvalue weighted by molar-refractivity contribution is 0.0745. The van der Waals surface area contributed by atoms with Gasteiger partial charge in [-0.1, -0.05) is 20.8 Å². The molecule has 1 amide bonds. The van der Waals surface area contributed by atoms with Crippen molar-refractivity contribution in [1.82, 2.24) is 9.88 Å². The maximum absolute atomic E-state index is 12.1. The zero-order valence-electron chi connectivity index (χ0n) is 10.7. The number of carbonyl (C=O) groups is 1. The summed E-state index contributed by atoms with van der Waals surface area (Å²) < 4.78 is 0. The highest BCUT2D eigenvalue weighted by Gasteiger charge is 2.20. The van der Waals surface area contributed by atoms with E-state index in [1.54, 1.807) is 18.0 Å². The van der Waals surface area contributed by atoms with Crippen molar-refractivity contribution in [3.63, 3.8) is 0 Å². The Morgan fingerprint density at radius 3 is 2.71 bits per heavy atom. The Bertz CT molecular complexity index is 454. The molecule has 0 fully saturated rings. The van der Waals surface area contributed by atoms with Gasteiger partial charge in [0.1, 0.15) is 6.07 Å². The van der Waals surface area contributed by atoms with Crippen LogP contribution in [0.5, 0.6) is 0 Å². The minimum absolute atomic E-state index is 0.0272. The molecule has 0 saturated carbocycles. The molecule has 4 heteroatoms. The van der Waals surface area contributed by atoms with Gasteiger partial charge >= 0.3 is 0 Å². The van der Waals surface area contributed by atoms with Crippen LogP contribution in [0.15, 0.2) is 18.5 Å². The van der Waals surface area contributed by atoms with E-state index in [-0.39, 0.29) is 11.3 Å². The third-order valence-corrected chi connectivity index (χ3v) is 2.23. The van der Waals surface area contributed by atoms with Crippen LogP contribution in [0.25, 0.3) is 0 Å². The Morgan fingerprint density at radius 1 is 1.53 bits per heavy atom. The minimum Gasteiger partial charge on any atom is -0.341 e. The first-order valence-electron chi connectivity index (χ1n) is 5.45. The summed E-state index contributed by atoms with van der Waals surface area (Å²) in [5, 5.41) is 8.93. The molecular weight excluding hydrogens is 214 g/mol. The van der Waals surface area contributed by atoms with E-state index < -0.39 is 0 Å². The number of pyridine rings is 1. The third kappa shape index (κ3) is 3.56. The van der Waals surface area contributed by atoms with Crippen LogP contribution in [0.4, 0.5) is 0 Å². The summed E-state index contributed by atoms with van der Waals surface area (Å²) in [7, 11) is 1.74. The molecule has 0 aromatic carbocycles. The van der Waals surface area contributed by atoms with Gasteiger partial charge in [0.2, 0.25) is 0 Å². The molecular formula is C13H17N3O. The van der Waals surface area contributed by atoms with Gasteiger partial charge in [-0.2, -0.15) is 5.26 Å². The standard InChI is InChI=1S/C13H17N3O/c1-13(2,3)9-16(4)12(17)11-8-15-6-5-10(11)7-14/h5-6,8H,9H2,1-4H3. The number of hydrogen-bond acceptors (Lipinski definition) is 3. The molecule has 0 bridgehead atoms. The van der Waals surface area contributed by atoms with Gasteiger partial charge in [0.15, 0.2) is 0 Å². The molecule has 1 rings (SSSR count). The fourth-order valence-electron chi connectivity index (χ4n) is 1.65. The molecule has 0 radical (unpaired) electrons. The smallest absolute Gasteiger partial charge is 0.256 e. The molecule has 0 unspecified atom stereocenters. The fourth-order valence-corrected chi connectivity index (χ4v) is 1.65. The molecule has 1 heterocycles. The van der Waals surface area contributed by atoms with Crippen LogP contribution in [0.2, 0.25) is 0 Å². The summed E-state index contributed by atoms with van der Waals surface area (Å²) in [6, 6.07) is 3.56. The molecule has 0 spiro atoms. The van der Waals surface area contributed by atoms with Crippen LogP contribution < -0.4 is 0 Å². The minimum atomic E-state index is -0.162. The van der Waals surface area contributed by atoms with Crippen LogP contribution in [0, 0.1) is 16.7 Å². The van der Waals surface area contributed by atoms with Gasteiger partial charge in [-0.05, 0) is 11.5 Å². The SMILES string of the molecule is CN(CC(C)(C)C)C(=O)c1cnccc1C#N. The Morgan fingerprint density at radius 2 is 2.18 bits per heavy atom. The number of hydrogen-bond donors (Lipinski definition) is 0. The van der Waals surface area contributed by atoms with Crippen molar-refractivity contribution in [3.05, 3.63) is 29.6 Å². The zero-order chi connectivity index (χ0) is 13.1. The topological polar surface area (TPSA) is 57.0 Å². The molecule has 0 aliphatic carbocycles. The number of amides is 1. The first-order chi connectivity index (χ1) is 7.85. The number of aromatic nitrogens is 1. The predicted octanol–water partition coefficient (Wildman–Crippen LogP) is 2.07. The maximum Gasteiger partial charge on any atom is 0.256 e. The maximum atomic E-state index is 12.1. The van der Waals surface area contributed by atoms with Crippen LogP contribution >= 0.6 is 0 Å². The van der Waals surface area contributed by atoms with Gasteiger partial charge in [-0.3, -0.25) is 9.78 Å². The highest BCUT2D eigenvalue weighted by atomic mass is 16.2. The third-order valence-electron chi connectivity index (χ3n) is 2.23. The van der Waals surface area contributed by atoms with Crippen LogP contribution in [-0.4, -0.2) is 29.4 Å². The number of carbonyl (C=O) groups excluding carboxylic acids is 1. The summed E-state index contributed by atoms with van der Waals surface area (Å²) in [6.45, 7) is 6.81. The number of rotatable bonds is 2. The second kappa shape index (κ2) is 4.96. The van der Waals surface area contributed by atoms with Gasteiger partial charge < -0.3 is 4.90 Å². The van der Waals surface area contributed by atoms with E-state index in [1.165, 1.54) is 12.4 Å². The summed E-state index contributed by atoms with van der Waals surface area (Å²) >= 11 is 0. The Kier molecular flexibility index (Phi) is 3.84. The van der Waals surface area contributed by atoms with Crippen molar-refractivity contribution >= 4 is 5.91 Å². The molecule has 4 nitrogen and oxygen atoms in total.